The number of anilines is 1. The van der Waals surface area contributed by atoms with Gasteiger partial charge in [-0.15, -0.1) is 0 Å². The smallest absolute Gasteiger partial charge is 0.237 e. The van der Waals surface area contributed by atoms with E-state index in [1.165, 1.54) is 6.20 Å². The number of hydrogen-bond acceptors (Lipinski definition) is 4. The first-order valence-electron chi connectivity index (χ1n) is 5.26. The zero-order chi connectivity index (χ0) is 13.0. The number of rotatable bonds is 4. The molecule has 0 aliphatic carbocycles. The molecular weight excluding hydrogens is 273 g/mol. The lowest BCUT2D eigenvalue weighted by Gasteiger charge is -2.08. The minimum atomic E-state index is 0.344. The maximum absolute atomic E-state index is 5.95. The number of nitrogens with one attached hydrogen (secondary N) is 1. The van der Waals surface area contributed by atoms with Gasteiger partial charge in [0.1, 0.15) is 11.6 Å². The van der Waals surface area contributed by atoms with Gasteiger partial charge in [-0.2, -0.15) is 4.98 Å². The van der Waals surface area contributed by atoms with Gasteiger partial charge in [0.25, 0.3) is 0 Å². The third-order valence-electron chi connectivity index (χ3n) is 2.20. The maximum Gasteiger partial charge on any atom is 0.237 e. The fraction of sp³-hybridized carbons (Fsp3) is 0.167. The Morgan fingerprint density at radius 1 is 1.33 bits per heavy atom. The van der Waals surface area contributed by atoms with Crippen LogP contribution in [0.25, 0.3) is 0 Å². The second kappa shape index (κ2) is 5.89. The van der Waals surface area contributed by atoms with Crippen LogP contribution in [0.3, 0.4) is 0 Å². The topological polar surface area (TPSA) is 47.0 Å². The van der Waals surface area contributed by atoms with Gasteiger partial charge in [0, 0.05) is 12.1 Å². The Morgan fingerprint density at radius 2 is 2.17 bits per heavy atom. The van der Waals surface area contributed by atoms with Gasteiger partial charge < -0.3 is 10.1 Å². The normalized spacial score (nSPS) is 10.2. The van der Waals surface area contributed by atoms with Crippen molar-refractivity contribution in [2.24, 2.45) is 0 Å². The molecule has 0 aliphatic heterocycles. The molecule has 4 nitrogen and oxygen atoms in total. The van der Waals surface area contributed by atoms with Gasteiger partial charge in [0.2, 0.25) is 11.8 Å². The number of nitrogens with zero attached hydrogens (tertiary/aromatic N) is 2. The van der Waals surface area contributed by atoms with Gasteiger partial charge in [-0.3, -0.25) is 0 Å². The molecule has 0 unspecified atom stereocenters. The molecule has 0 aliphatic rings. The minimum Gasteiger partial charge on any atom is -0.472 e. The average molecular weight is 284 g/mol. The van der Waals surface area contributed by atoms with Crippen molar-refractivity contribution in [1.82, 2.24) is 9.97 Å². The fourth-order valence-corrected chi connectivity index (χ4v) is 1.71. The highest BCUT2D eigenvalue weighted by atomic mass is 35.5. The number of benzene rings is 1. The molecule has 0 spiro atoms. The summed E-state index contributed by atoms with van der Waals surface area (Å²) in [4.78, 5) is 8.09. The molecule has 0 saturated carbocycles. The Kier molecular flexibility index (Phi) is 4.23. The predicted octanol–water partition coefficient (Wildman–Crippen LogP) is 3.40. The van der Waals surface area contributed by atoms with Gasteiger partial charge in [0.15, 0.2) is 0 Å². The van der Waals surface area contributed by atoms with E-state index in [0.29, 0.717) is 28.5 Å². The van der Waals surface area contributed by atoms with Crippen LogP contribution in [-0.2, 0) is 6.61 Å². The van der Waals surface area contributed by atoms with Crippen LogP contribution in [0, 0.1) is 0 Å². The highest BCUT2D eigenvalue weighted by Crippen LogP contribution is 2.23. The van der Waals surface area contributed by atoms with Crippen molar-refractivity contribution in [3.05, 3.63) is 46.1 Å². The summed E-state index contributed by atoms with van der Waals surface area (Å²) in [6.45, 7) is 0.348. The van der Waals surface area contributed by atoms with E-state index < -0.39 is 0 Å². The van der Waals surface area contributed by atoms with Crippen molar-refractivity contribution in [2.75, 3.05) is 12.4 Å². The van der Waals surface area contributed by atoms with E-state index in [9.17, 15) is 0 Å². The standard InChI is InChI=1S/C12H11Cl2N3O/c1-15-12-16-6-10(14)11(17-12)18-7-8-3-2-4-9(13)5-8/h2-6H,7H2,1H3,(H,15,16,17). The highest BCUT2D eigenvalue weighted by molar-refractivity contribution is 6.31. The summed E-state index contributed by atoms with van der Waals surface area (Å²) >= 11 is 11.8. The summed E-state index contributed by atoms with van der Waals surface area (Å²) in [5.74, 6) is 0.802. The second-order valence-electron chi connectivity index (χ2n) is 3.52. The molecule has 2 rings (SSSR count). The van der Waals surface area contributed by atoms with E-state index in [2.05, 4.69) is 15.3 Å². The molecule has 1 N–H and O–H groups in total. The zero-order valence-electron chi connectivity index (χ0n) is 9.65. The minimum absolute atomic E-state index is 0.344. The molecule has 0 amide bonds. The summed E-state index contributed by atoms with van der Waals surface area (Å²) < 4.78 is 5.54. The first kappa shape index (κ1) is 12.9. The van der Waals surface area contributed by atoms with Crippen LogP contribution in [-0.4, -0.2) is 17.0 Å². The zero-order valence-corrected chi connectivity index (χ0v) is 11.2. The number of halogens is 2. The first-order chi connectivity index (χ1) is 8.69. The molecule has 0 bridgehead atoms. The van der Waals surface area contributed by atoms with Gasteiger partial charge in [0.05, 0.1) is 6.20 Å². The van der Waals surface area contributed by atoms with Crippen molar-refractivity contribution in [3.8, 4) is 5.88 Å². The molecule has 0 radical (unpaired) electrons. The van der Waals surface area contributed by atoms with E-state index in [-0.39, 0.29) is 0 Å². The van der Waals surface area contributed by atoms with Gasteiger partial charge >= 0.3 is 0 Å². The van der Waals surface area contributed by atoms with E-state index in [1.807, 2.05) is 24.3 Å². The molecule has 1 aromatic carbocycles. The van der Waals surface area contributed by atoms with E-state index in [4.69, 9.17) is 27.9 Å². The van der Waals surface area contributed by atoms with Crippen LogP contribution in [0.2, 0.25) is 10.0 Å². The van der Waals surface area contributed by atoms with Crippen molar-refractivity contribution in [3.63, 3.8) is 0 Å². The third-order valence-corrected chi connectivity index (χ3v) is 2.69. The Labute approximate surface area is 115 Å². The van der Waals surface area contributed by atoms with Crippen LogP contribution in [0.1, 0.15) is 5.56 Å². The van der Waals surface area contributed by atoms with Crippen LogP contribution in [0.15, 0.2) is 30.5 Å². The fourth-order valence-electron chi connectivity index (χ4n) is 1.35. The number of aromatic nitrogens is 2. The summed E-state index contributed by atoms with van der Waals surface area (Å²) in [6, 6.07) is 7.42. The van der Waals surface area contributed by atoms with Crippen molar-refractivity contribution < 1.29 is 4.74 Å². The Morgan fingerprint density at radius 3 is 2.89 bits per heavy atom. The lowest BCUT2D eigenvalue weighted by Crippen LogP contribution is -2.02. The molecular formula is C12H11Cl2N3O. The van der Waals surface area contributed by atoms with Crippen LogP contribution >= 0.6 is 23.2 Å². The molecule has 18 heavy (non-hydrogen) atoms. The Bertz CT molecular complexity index is 549. The van der Waals surface area contributed by atoms with E-state index >= 15 is 0 Å². The molecule has 1 heterocycles. The van der Waals surface area contributed by atoms with Crippen LogP contribution < -0.4 is 10.1 Å². The van der Waals surface area contributed by atoms with E-state index in [1.54, 1.807) is 7.05 Å². The van der Waals surface area contributed by atoms with Crippen molar-refractivity contribution in [2.45, 2.75) is 6.61 Å². The Balaban J connectivity index is 2.10. The second-order valence-corrected chi connectivity index (χ2v) is 4.36. The summed E-state index contributed by atoms with van der Waals surface area (Å²) in [6.07, 6.45) is 1.49. The quantitative estimate of drug-likeness (QED) is 0.934. The molecule has 1 aromatic heterocycles. The lowest BCUT2D eigenvalue weighted by atomic mass is 10.2. The molecule has 0 atom stereocenters. The Hall–Kier alpha value is -1.52. The molecule has 6 heteroatoms. The average Bonchev–Trinajstić information content (AvgIpc) is 2.38. The first-order valence-corrected chi connectivity index (χ1v) is 6.02. The maximum atomic E-state index is 5.95. The summed E-state index contributed by atoms with van der Waals surface area (Å²) in [5, 5.41) is 3.86. The van der Waals surface area contributed by atoms with Crippen molar-refractivity contribution >= 4 is 29.2 Å². The summed E-state index contributed by atoms with van der Waals surface area (Å²) in [5.41, 5.74) is 0.947. The monoisotopic (exact) mass is 283 g/mol. The predicted molar refractivity (Wildman–Crippen MR) is 72.4 cm³/mol. The van der Waals surface area contributed by atoms with Gasteiger partial charge in [-0.25, -0.2) is 4.98 Å². The number of hydrogen-bond donors (Lipinski definition) is 1. The SMILES string of the molecule is CNc1ncc(Cl)c(OCc2cccc(Cl)c2)n1. The summed E-state index contributed by atoms with van der Waals surface area (Å²) in [7, 11) is 1.73. The highest BCUT2D eigenvalue weighted by Gasteiger charge is 2.06. The molecule has 0 saturated heterocycles. The molecule has 2 aromatic rings. The number of ether oxygens (including phenoxy) is 1. The molecule has 94 valence electrons. The molecule has 0 fully saturated rings. The van der Waals surface area contributed by atoms with Crippen LogP contribution in [0.4, 0.5) is 5.95 Å². The largest absolute Gasteiger partial charge is 0.472 e. The lowest BCUT2D eigenvalue weighted by molar-refractivity contribution is 0.294. The van der Waals surface area contributed by atoms with Gasteiger partial charge in [-0.05, 0) is 17.7 Å². The third kappa shape index (κ3) is 3.24. The van der Waals surface area contributed by atoms with Gasteiger partial charge in [-0.1, -0.05) is 35.3 Å². The van der Waals surface area contributed by atoms with Crippen molar-refractivity contribution in [1.29, 1.82) is 0 Å². The van der Waals surface area contributed by atoms with Crippen LogP contribution in [0.5, 0.6) is 5.88 Å². The van der Waals surface area contributed by atoms with E-state index in [0.717, 1.165) is 5.56 Å².